The molecule has 9 heteroatoms. The number of nitrogens with two attached hydrogens (primary N) is 1. The number of fused-ring (bicyclic) bond motifs is 1. The molecule has 1 amide bonds. The van der Waals surface area contributed by atoms with Crippen LogP contribution < -0.4 is 15.2 Å². The lowest BCUT2D eigenvalue weighted by Crippen LogP contribution is -2.49. The topological polar surface area (TPSA) is 101 Å². The van der Waals surface area contributed by atoms with E-state index in [1.165, 1.54) is 11.3 Å². The molecule has 0 radical (unpaired) electrons. The van der Waals surface area contributed by atoms with Crippen LogP contribution in [0.15, 0.2) is 54.6 Å². The highest BCUT2D eigenvalue weighted by Gasteiger charge is 2.28. The number of thiophene rings is 1. The van der Waals surface area contributed by atoms with Crippen LogP contribution in [-0.4, -0.2) is 79.3 Å². The van der Waals surface area contributed by atoms with Crippen molar-refractivity contribution < 1.29 is 19.4 Å². The van der Waals surface area contributed by atoms with Crippen molar-refractivity contribution in [2.24, 2.45) is 0 Å². The van der Waals surface area contributed by atoms with E-state index in [0.29, 0.717) is 46.5 Å². The Kier molecular flexibility index (Phi) is 7.27. The molecule has 1 fully saturated rings. The zero-order chi connectivity index (χ0) is 25.9. The van der Waals surface area contributed by atoms with Crippen molar-refractivity contribution in [1.82, 2.24) is 14.8 Å². The summed E-state index contributed by atoms with van der Waals surface area (Å²) in [5.41, 5.74) is 10.5. The number of piperazine rings is 1. The molecule has 37 heavy (non-hydrogen) atoms. The second-order valence-electron chi connectivity index (χ2n) is 8.84. The first-order valence-electron chi connectivity index (χ1n) is 12.2. The van der Waals surface area contributed by atoms with Gasteiger partial charge in [0.2, 0.25) is 0 Å². The van der Waals surface area contributed by atoms with Crippen LogP contribution in [-0.2, 0) is 0 Å². The third kappa shape index (κ3) is 4.73. The van der Waals surface area contributed by atoms with Gasteiger partial charge in [0.15, 0.2) is 11.5 Å². The number of β-amino-alcohol motifs (C(OH)–C–C–N with tert-alkyl or cyclic N) is 1. The summed E-state index contributed by atoms with van der Waals surface area (Å²) in [7, 11) is 3.22. The van der Waals surface area contributed by atoms with Crippen LogP contribution in [0.25, 0.3) is 32.6 Å². The first-order valence-corrected chi connectivity index (χ1v) is 13.0. The standard InChI is InChI=1S/C28H30N4O4S/c1-35-22-10-6-9-19(25(22)36-2)20-17-21(18-7-4-3-5-8-18)30-27-23(20)24(29)26(37-27)28(34)32-13-11-31(12-14-32)15-16-33/h3-10,17,33H,11-16,29H2,1-2H3. The Hall–Kier alpha value is -3.66. The van der Waals surface area contributed by atoms with Crippen LogP contribution in [0.4, 0.5) is 5.69 Å². The quantitative estimate of drug-likeness (QED) is 0.382. The largest absolute Gasteiger partial charge is 0.493 e. The molecule has 4 aromatic rings. The summed E-state index contributed by atoms with van der Waals surface area (Å²) in [6, 6.07) is 17.7. The Balaban J connectivity index is 1.65. The predicted octanol–water partition coefficient (Wildman–Crippen LogP) is 3.98. The maximum absolute atomic E-state index is 13.6. The summed E-state index contributed by atoms with van der Waals surface area (Å²) < 4.78 is 11.3. The Morgan fingerprint density at radius 1 is 1.03 bits per heavy atom. The SMILES string of the molecule is COc1cccc(-c2cc(-c3ccccc3)nc3sc(C(=O)N4CCN(CCO)CC4)c(N)c23)c1OC. The van der Waals surface area contributed by atoms with Gasteiger partial charge in [-0.15, -0.1) is 11.3 Å². The molecule has 0 spiro atoms. The van der Waals surface area contributed by atoms with Crippen molar-refractivity contribution in [2.75, 3.05) is 59.3 Å². The van der Waals surface area contributed by atoms with Crippen molar-refractivity contribution in [3.63, 3.8) is 0 Å². The lowest BCUT2D eigenvalue weighted by molar-refractivity contribution is 0.0620. The smallest absolute Gasteiger partial charge is 0.266 e. The van der Waals surface area contributed by atoms with Crippen LogP contribution in [0.1, 0.15) is 9.67 Å². The molecule has 1 aliphatic rings. The molecule has 1 saturated heterocycles. The van der Waals surface area contributed by atoms with Crippen LogP contribution in [0.3, 0.4) is 0 Å². The van der Waals surface area contributed by atoms with Gasteiger partial charge in [0.05, 0.1) is 32.2 Å². The fourth-order valence-corrected chi connectivity index (χ4v) is 5.90. The molecule has 192 valence electrons. The van der Waals surface area contributed by atoms with Crippen LogP contribution >= 0.6 is 11.3 Å². The Labute approximate surface area is 219 Å². The summed E-state index contributed by atoms with van der Waals surface area (Å²) in [6.45, 7) is 3.35. The van der Waals surface area contributed by atoms with Crippen LogP contribution in [0.2, 0.25) is 0 Å². The first kappa shape index (κ1) is 25.0. The van der Waals surface area contributed by atoms with Crippen molar-refractivity contribution in [2.45, 2.75) is 0 Å². The minimum Gasteiger partial charge on any atom is -0.493 e. The second-order valence-corrected chi connectivity index (χ2v) is 9.84. The molecule has 0 unspecified atom stereocenters. The van der Waals surface area contributed by atoms with E-state index in [0.717, 1.165) is 40.9 Å². The molecule has 2 aromatic heterocycles. The van der Waals surface area contributed by atoms with E-state index in [9.17, 15) is 9.90 Å². The third-order valence-electron chi connectivity index (χ3n) is 6.73. The highest BCUT2D eigenvalue weighted by Crippen LogP contribution is 2.46. The molecule has 5 rings (SSSR count). The maximum Gasteiger partial charge on any atom is 0.266 e. The number of pyridine rings is 1. The van der Waals surface area contributed by atoms with Crippen LogP contribution in [0, 0.1) is 0 Å². The van der Waals surface area contributed by atoms with Gasteiger partial charge in [0, 0.05) is 54.8 Å². The van der Waals surface area contributed by atoms with Gasteiger partial charge in [0.1, 0.15) is 9.71 Å². The number of hydrogen-bond acceptors (Lipinski definition) is 8. The summed E-state index contributed by atoms with van der Waals surface area (Å²) in [5, 5.41) is 9.96. The van der Waals surface area contributed by atoms with E-state index >= 15 is 0 Å². The molecular formula is C28H30N4O4S. The van der Waals surface area contributed by atoms with Crippen molar-refractivity contribution in [1.29, 1.82) is 0 Å². The molecule has 0 atom stereocenters. The first-order chi connectivity index (χ1) is 18.0. The van der Waals surface area contributed by atoms with E-state index in [2.05, 4.69) is 4.90 Å². The van der Waals surface area contributed by atoms with Gasteiger partial charge in [-0.05, 0) is 12.1 Å². The molecule has 3 heterocycles. The molecule has 1 aliphatic heterocycles. The molecule has 0 aliphatic carbocycles. The van der Waals surface area contributed by atoms with Crippen molar-refractivity contribution in [3.05, 3.63) is 59.5 Å². The van der Waals surface area contributed by atoms with Gasteiger partial charge in [-0.25, -0.2) is 4.98 Å². The van der Waals surface area contributed by atoms with E-state index < -0.39 is 0 Å². The zero-order valence-corrected chi connectivity index (χ0v) is 21.8. The minimum atomic E-state index is -0.0889. The summed E-state index contributed by atoms with van der Waals surface area (Å²) in [5.74, 6) is 1.11. The Bertz CT molecular complexity index is 1410. The molecule has 3 N–H and O–H groups in total. The number of benzene rings is 2. The molecule has 8 nitrogen and oxygen atoms in total. The minimum absolute atomic E-state index is 0.0889. The van der Waals surface area contributed by atoms with Gasteiger partial charge in [-0.2, -0.15) is 0 Å². The van der Waals surface area contributed by atoms with E-state index in [-0.39, 0.29) is 12.5 Å². The van der Waals surface area contributed by atoms with Crippen molar-refractivity contribution in [3.8, 4) is 33.9 Å². The number of aliphatic hydroxyl groups excluding tert-OH is 1. The molecule has 0 bridgehead atoms. The third-order valence-corrected chi connectivity index (χ3v) is 7.82. The Morgan fingerprint density at radius 2 is 1.78 bits per heavy atom. The number of methoxy groups -OCH3 is 2. The number of aliphatic hydroxyl groups is 1. The second kappa shape index (κ2) is 10.8. The number of amides is 1. The van der Waals surface area contributed by atoms with Gasteiger partial charge < -0.3 is 25.2 Å². The maximum atomic E-state index is 13.6. The number of carbonyl (C=O) groups excluding carboxylic acids is 1. The number of aromatic nitrogens is 1. The molecular weight excluding hydrogens is 488 g/mol. The Morgan fingerprint density at radius 3 is 2.46 bits per heavy atom. The summed E-state index contributed by atoms with van der Waals surface area (Å²) in [6.07, 6.45) is 0. The van der Waals surface area contributed by atoms with E-state index in [1.54, 1.807) is 14.2 Å². The van der Waals surface area contributed by atoms with Crippen molar-refractivity contribution >= 4 is 33.1 Å². The lowest BCUT2D eigenvalue weighted by Gasteiger charge is -2.34. The number of nitrogens with zero attached hydrogens (tertiary/aromatic N) is 3. The summed E-state index contributed by atoms with van der Waals surface area (Å²) in [4.78, 5) is 23.7. The van der Waals surface area contributed by atoms with Gasteiger partial charge in [-0.3, -0.25) is 9.69 Å². The van der Waals surface area contributed by atoms with Gasteiger partial charge >= 0.3 is 0 Å². The highest BCUT2D eigenvalue weighted by atomic mass is 32.1. The summed E-state index contributed by atoms with van der Waals surface area (Å²) >= 11 is 1.32. The van der Waals surface area contributed by atoms with Crippen LogP contribution in [0.5, 0.6) is 11.5 Å². The lowest BCUT2D eigenvalue weighted by atomic mass is 9.98. The number of ether oxygens (including phenoxy) is 2. The van der Waals surface area contributed by atoms with E-state index in [1.807, 2.05) is 59.5 Å². The predicted molar refractivity (Wildman–Crippen MR) is 147 cm³/mol. The normalized spacial score (nSPS) is 14.2. The molecule has 2 aromatic carbocycles. The number of nitrogen functional groups attached to an aromatic ring is 1. The average Bonchev–Trinajstić information content (AvgIpc) is 3.28. The number of anilines is 1. The number of hydrogen-bond donors (Lipinski definition) is 2. The number of para-hydroxylation sites is 1. The van der Waals surface area contributed by atoms with E-state index in [4.69, 9.17) is 20.2 Å². The number of rotatable bonds is 7. The van der Waals surface area contributed by atoms with Gasteiger partial charge in [-0.1, -0.05) is 42.5 Å². The van der Waals surface area contributed by atoms with Gasteiger partial charge in [0.25, 0.3) is 5.91 Å². The monoisotopic (exact) mass is 518 g/mol. The fraction of sp³-hybridized carbons (Fsp3) is 0.286. The zero-order valence-electron chi connectivity index (χ0n) is 20.9. The average molecular weight is 519 g/mol. The number of carbonyl (C=O) groups is 1. The fourth-order valence-electron chi connectivity index (χ4n) is 4.81. The molecule has 0 saturated carbocycles. The highest BCUT2D eigenvalue weighted by molar-refractivity contribution is 7.21.